The summed E-state index contributed by atoms with van der Waals surface area (Å²) >= 11 is 0. The van der Waals surface area contributed by atoms with E-state index in [0.29, 0.717) is 6.04 Å². The van der Waals surface area contributed by atoms with Gasteiger partial charge in [-0.1, -0.05) is 6.92 Å². The quantitative estimate of drug-likeness (QED) is 0.832. The molecule has 1 atom stereocenters. The molecule has 0 aliphatic heterocycles. The number of hydrogen-bond donors (Lipinski definition) is 1. The van der Waals surface area contributed by atoms with Gasteiger partial charge in [-0.05, 0) is 25.1 Å². The third kappa shape index (κ3) is 3.46. The standard InChI is InChI=1S/C13H19N3O/c1-3-12-5-6-13(17-12)9-14-11(2)10-16-8-4-7-15-16/h4-8,11,14H,3,9-10H2,1-2H3. The molecule has 4 heteroatoms. The molecule has 0 spiro atoms. The smallest absolute Gasteiger partial charge is 0.117 e. The first kappa shape index (κ1) is 11.9. The molecule has 0 fully saturated rings. The van der Waals surface area contributed by atoms with Crippen LogP contribution >= 0.6 is 0 Å². The first-order chi connectivity index (χ1) is 8.28. The Morgan fingerprint density at radius 2 is 2.24 bits per heavy atom. The summed E-state index contributed by atoms with van der Waals surface area (Å²) in [6.07, 6.45) is 4.72. The van der Waals surface area contributed by atoms with Crippen molar-refractivity contribution in [3.8, 4) is 0 Å². The van der Waals surface area contributed by atoms with Gasteiger partial charge < -0.3 is 9.73 Å². The van der Waals surface area contributed by atoms with E-state index in [1.165, 1.54) is 0 Å². The van der Waals surface area contributed by atoms with Crippen molar-refractivity contribution in [2.75, 3.05) is 0 Å². The van der Waals surface area contributed by atoms with Crippen LogP contribution in [0.15, 0.2) is 35.0 Å². The normalized spacial score (nSPS) is 12.8. The van der Waals surface area contributed by atoms with Crippen LogP contribution in [0.1, 0.15) is 25.4 Å². The molecule has 0 bridgehead atoms. The van der Waals surface area contributed by atoms with Crippen LogP contribution in [0, 0.1) is 0 Å². The summed E-state index contributed by atoms with van der Waals surface area (Å²) in [5.74, 6) is 2.04. The average molecular weight is 233 g/mol. The molecule has 2 rings (SSSR count). The van der Waals surface area contributed by atoms with E-state index in [1.807, 2.05) is 29.1 Å². The second-order valence-electron chi connectivity index (χ2n) is 4.23. The Labute approximate surface area is 102 Å². The highest BCUT2D eigenvalue weighted by Gasteiger charge is 2.05. The van der Waals surface area contributed by atoms with Crippen molar-refractivity contribution in [3.63, 3.8) is 0 Å². The Hall–Kier alpha value is -1.55. The van der Waals surface area contributed by atoms with E-state index in [0.717, 1.165) is 31.0 Å². The van der Waals surface area contributed by atoms with Gasteiger partial charge in [0, 0.05) is 24.9 Å². The average Bonchev–Trinajstić information content (AvgIpc) is 2.96. The molecular weight excluding hydrogens is 214 g/mol. The highest BCUT2D eigenvalue weighted by Crippen LogP contribution is 2.08. The monoisotopic (exact) mass is 233 g/mol. The zero-order valence-corrected chi connectivity index (χ0v) is 10.4. The molecule has 92 valence electrons. The van der Waals surface area contributed by atoms with E-state index in [1.54, 1.807) is 6.20 Å². The molecule has 1 unspecified atom stereocenters. The Morgan fingerprint density at radius 1 is 1.41 bits per heavy atom. The van der Waals surface area contributed by atoms with Crippen molar-refractivity contribution in [1.29, 1.82) is 0 Å². The molecule has 2 aromatic heterocycles. The van der Waals surface area contributed by atoms with Crippen LogP contribution < -0.4 is 5.32 Å². The summed E-state index contributed by atoms with van der Waals surface area (Å²) < 4.78 is 7.56. The largest absolute Gasteiger partial charge is 0.465 e. The number of aryl methyl sites for hydroxylation is 1. The van der Waals surface area contributed by atoms with E-state index in [2.05, 4.69) is 24.3 Å². The van der Waals surface area contributed by atoms with Gasteiger partial charge >= 0.3 is 0 Å². The zero-order valence-electron chi connectivity index (χ0n) is 10.4. The number of hydrogen-bond acceptors (Lipinski definition) is 3. The van der Waals surface area contributed by atoms with Gasteiger partial charge in [0.15, 0.2) is 0 Å². The summed E-state index contributed by atoms with van der Waals surface area (Å²) in [4.78, 5) is 0. The van der Waals surface area contributed by atoms with E-state index < -0.39 is 0 Å². The second kappa shape index (κ2) is 5.68. The lowest BCUT2D eigenvalue weighted by atomic mass is 10.3. The maximum Gasteiger partial charge on any atom is 0.117 e. The van der Waals surface area contributed by atoms with Crippen LogP contribution in [0.5, 0.6) is 0 Å². The van der Waals surface area contributed by atoms with Gasteiger partial charge in [0.05, 0.1) is 13.1 Å². The minimum atomic E-state index is 0.366. The van der Waals surface area contributed by atoms with E-state index in [4.69, 9.17) is 4.42 Å². The topological polar surface area (TPSA) is 43.0 Å². The molecule has 0 saturated heterocycles. The summed E-state index contributed by atoms with van der Waals surface area (Å²) in [5.41, 5.74) is 0. The number of rotatable bonds is 6. The molecule has 0 aromatic carbocycles. The molecule has 1 N–H and O–H groups in total. The molecule has 2 heterocycles. The first-order valence-corrected chi connectivity index (χ1v) is 6.06. The molecular formula is C13H19N3O. The SMILES string of the molecule is CCc1ccc(CNC(C)Cn2cccn2)o1. The number of nitrogens with one attached hydrogen (secondary N) is 1. The van der Waals surface area contributed by atoms with Crippen LogP contribution in [0.25, 0.3) is 0 Å². The number of furan rings is 1. The highest BCUT2D eigenvalue weighted by molar-refractivity contribution is 5.06. The van der Waals surface area contributed by atoms with Crippen LogP contribution in [0.3, 0.4) is 0 Å². The molecule has 0 amide bonds. The van der Waals surface area contributed by atoms with Gasteiger partial charge in [0.2, 0.25) is 0 Å². The Kier molecular flexibility index (Phi) is 3.98. The summed E-state index contributed by atoms with van der Waals surface area (Å²) in [6, 6.07) is 6.37. The lowest BCUT2D eigenvalue weighted by Gasteiger charge is -2.12. The predicted molar refractivity (Wildman–Crippen MR) is 66.6 cm³/mol. The zero-order chi connectivity index (χ0) is 12.1. The van der Waals surface area contributed by atoms with Crippen molar-refractivity contribution in [1.82, 2.24) is 15.1 Å². The highest BCUT2D eigenvalue weighted by atomic mass is 16.3. The van der Waals surface area contributed by atoms with Crippen LogP contribution in [0.2, 0.25) is 0 Å². The minimum Gasteiger partial charge on any atom is -0.465 e. The fourth-order valence-electron chi connectivity index (χ4n) is 1.74. The molecule has 2 aromatic rings. The molecule has 17 heavy (non-hydrogen) atoms. The fourth-order valence-corrected chi connectivity index (χ4v) is 1.74. The Balaban J connectivity index is 1.77. The molecule has 0 aliphatic rings. The minimum absolute atomic E-state index is 0.366. The van der Waals surface area contributed by atoms with Gasteiger partial charge in [0.1, 0.15) is 11.5 Å². The molecule has 0 saturated carbocycles. The van der Waals surface area contributed by atoms with Crippen molar-refractivity contribution >= 4 is 0 Å². The first-order valence-electron chi connectivity index (χ1n) is 6.06. The number of aromatic nitrogens is 2. The molecule has 0 radical (unpaired) electrons. The van der Waals surface area contributed by atoms with Gasteiger partial charge in [-0.25, -0.2) is 0 Å². The van der Waals surface area contributed by atoms with E-state index in [-0.39, 0.29) is 0 Å². The van der Waals surface area contributed by atoms with Gasteiger partial charge in [-0.15, -0.1) is 0 Å². The summed E-state index contributed by atoms with van der Waals surface area (Å²) in [5, 5.41) is 7.60. The van der Waals surface area contributed by atoms with Crippen molar-refractivity contribution in [2.45, 2.75) is 39.4 Å². The lowest BCUT2D eigenvalue weighted by molar-refractivity contribution is 0.404. The van der Waals surface area contributed by atoms with Gasteiger partial charge in [0.25, 0.3) is 0 Å². The maximum atomic E-state index is 5.63. The van der Waals surface area contributed by atoms with E-state index in [9.17, 15) is 0 Å². The van der Waals surface area contributed by atoms with Crippen molar-refractivity contribution in [3.05, 3.63) is 42.1 Å². The third-order valence-electron chi connectivity index (χ3n) is 2.71. The summed E-state index contributed by atoms with van der Waals surface area (Å²) in [7, 11) is 0. The number of nitrogens with zero attached hydrogens (tertiary/aromatic N) is 2. The third-order valence-corrected chi connectivity index (χ3v) is 2.71. The van der Waals surface area contributed by atoms with Crippen molar-refractivity contribution in [2.24, 2.45) is 0 Å². The molecule has 4 nitrogen and oxygen atoms in total. The Bertz CT molecular complexity index is 433. The van der Waals surface area contributed by atoms with Crippen molar-refractivity contribution < 1.29 is 4.42 Å². The van der Waals surface area contributed by atoms with Crippen LogP contribution in [0.4, 0.5) is 0 Å². The fraction of sp³-hybridized carbons (Fsp3) is 0.462. The van der Waals surface area contributed by atoms with E-state index >= 15 is 0 Å². The summed E-state index contributed by atoms with van der Waals surface area (Å²) in [6.45, 7) is 5.87. The van der Waals surface area contributed by atoms with Crippen LogP contribution in [-0.4, -0.2) is 15.8 Å². The Morgan fingerprint density at radius 3 is 2.88 bits per heavy atom. The second-order valence-corrected chi connectivity index (χ2v) is 4.23. The van der Waals surface area contributed by atoms with Gasteiger partial charge in [-0.2, -0.15) is 5.10 Å². The lowest BCUT2D eigenvalue weighted by Crippen LogP contribution is -2.29. The molecule has 0 aliphatic carbocycles. The van der Waals surface area contributed by atoms with Gasteiger partial charge in [-0.3, -0.25) is 4.68 Å². The maximum absolute atomic E-state index is 5.63. The van der Waals surface area contributed by atoms with Crippen LogP contribution in [-0.2, 0) is 19.5 Å². The predicted octanol–water partition coefficient (Wildman–Crippen LogP) is 2.22.